The first kappa shape index (κ1) is 13.2. The Morgan fingerprint density at radius 2 is 1.82 bits per heavy atom. The summed E-state index contributed by atoms with van der Waals surface area (Å²) in [5.41, 5.74) is 1.40. The van der Waals surface area contributed by atoms with E-state index in [4.69, 9.17) is 0 Å². The maximum absolute atomic E-state index is 9.95. The Morgan fingerprint density at radius 1 is 1.06 bits per heavy atom. The highest BCUT2D eigenvalue weighted by Gasteiger charge is 1.88. The van der Waals surface area contributed by atoms with Crippen molar-refractivity contribution in [1.29, 1.82) is 0 Å². The predicted molar refractivity (Wildman–Crippen MR) is 71.7 cm³/mol. The first-order chi connectivity index (χ1) is 8.43. The van der Waals surface area contributed by atoms with E-state index in [1.807, 2.05) is 24.3 Å². The molecule has 0 saturated carbocycles. The number of benzene rings is 1. The van der Waals surface area contributed by atoms with Crippen LogP contribution < -0.4 is 5.32 Å². The molecule has 90 valence electrons. The predicted octanol–water partition coefficient (Wildman–Crippen LogP) is 2.87. The van der Waals surface area contributed by atoms with Gasteiger partial charge in [0, 0.05) is 6.54 Å². The second kappa shape index (κ2) is 9.40. The highest BCUT2D eigenvalue weighted by molar-refractivity contribution is 5.46. The lowest BCUT2D eigenvalue weighted by Gasteiger charge is -1.97. The largest absolute Gasteiger partial charge is 0.355 e. The number of hydrogen-bond acceptors (Lipinski definition) is 1. The van der Waals surface area contributed by atoms with Gasteiger partial charge in [0.2, 0.25) is 6.41 Å². The maximum Gasteiger partial charge on any atom is 0.207 e. The van der Waals surface area contributed by atoms with E-state index in [2.05, 4.69) is 35.7 Å². The van der Waals surface area contributed by atoms with E-state index in [1.165, 1.54) is 12.0 Å². The summed E-state index contributed by atoms with van der Waals surface area (Å²) in [5, 5.41) is 2.57. The fourth-order valence-corrected chi connectivity index (χ4v) is 1.51. The number of amides is 1. The molecular formula is C15H19NO. The summed E-state index contributed by atoms with van der Waals surface area (Å²) in [6.45, 7) is 0.595. The number of allylic oxidation sites excluding steroid dienone is 3. The average molecular weight is 229 g/mol. The van der Waals surface area contributed by atoms with Crippen molar-refractivity contribution in [2.24, 2.45) is 0 Å². The fraction of sp³-hybridized carbons (Fsp3) is 0.267. The van der Waals surface area contributed by atoms with Crippen molar-refractivity contribution in [2.45, 2.75) is 19.3 Å². The van der Waals surface area contributed by atoms with Crippen LogP contribution >= 0.6 is 0 Å². The summed E-state index contributed by atoms with van der Waals surface area (Å²) >= 11 is 0. The molecular weight excluding hydrogens is 210 g/mol. The molecule has 0 radical (unpaired) electrons. The zero-order valence-electron chi connectivity index (χ0n) is 10.0. The molecule has 0 atom stereocenters. The molecule has 1 rings (SSSR count). The molecule has 1 aromatic carbocycles. The quantitative estimate of drug-likeness (QED) is 0.414. The average Bonchev–Trinajstić information content (AvgIpc) is 2.38. The lowest BCUT2D eigenvalue weighted by atomic mass is 10.1. The molecule has 0 unspecified atom stereocenters. The fourth-order valence-electron chi connectivity index (χ4n) is 1.51. The Labute approximate surface area is 103 Å². The molecule has 2 heteroatoms. The van der Waals surface area contributed by atoms with Crippen LogP contribution in [0.25, 0.3) is 0 Å². The minimum Gasteiger partial charge on any atom is -0.355 e. The zero-order chi connectivity index (χ0) is 12.2. The normalized spacial score (nSPS) is 11.1. The third kappa shape index (κ3) is 7.12. The van der Waals surface area contributed by atoms with Gasteiger partial charge in [0.05, 0.1) is 0 Å². The number of rotatable bonds is 8. The monoisotopic (exact) mass is 229 g/mol. The zero-order valence-corrected chi connectivity index (χ0v) is 10.0. The Kier molecular flexibility index (Phi) is 7.32. The number of unbranched alkanes of at least 4 members (excludes halogenated alkanes) is 1. The van der Waals surface area contributed by atoms with Crippen LogP contribution in [-0.2, 0) is 11.2 Å². The Morgan fingerprint density at radius 3 is 2.59 bits per heavy atom. The molecule has 0 aliphatic heterocycles. The highest BCUT2D eigenvalue weighted by atomic mass is 16.1. The van der Waals surface area contributed by atoms with Crippen molar-refractivity contribution in [2.75, 3.05) is 6.54 Å². The second-order valence-electron chi connectivity index (χ2n) is 3.76. The van der Waals surface area contributed by atoms with Crippen LogP contribution in [0.5, 0.6) is 0 Å². The van der Waals surface area contributed by atoms with Gasteiger partial charge >= 0.3 is 0 Å². The van der Waals surface area contributed by atoms with Gasteiger partial charge in [-0.25, -0.2) is 0 Å². The summed E-state index contributed by atoms with van der Waals surface area (Å²) < 4.78 is 0. The summed E-state index contributed by atoms with van der Waals surface area (Å²) in [6, 6.07) is 10.5. The maximum atomic E-state index is 9.95. The first-order valence-electron chi connectivity index (χ1n) is 5.96. The minimum atomic E-state index is 0.595. The lowest BCUT2D eigenvalue weighted by Crippen LogP contribution is -2.08. The Hall–Kier alpha value is -1.83. The third-order valence-corrected chi connectivity index (χ3v) is 2.38. The van der Waals surface area contributed by atoms with E-state index in [0.717, 1.165) is 12.8 Å². The van der Waals surface area contributed by atoms with Crippen LogP contribution in [0.15, 0.2) is 54.6 Å². The van der Waals surface area contributed by atoms with Crippen molar-refractivity contribution >= 4 is 6.41 Å². The Bertz CT molecular complexity index is 354. The second-order valence-corrected chi connectivity index (χ2v) is 3.76. The molecule has 17 heavy (non-hydrogen) atoms. The summed E-state index contributed by atoms with van der Waals surface area (Å²) in [6.07, 6.45) is 12.1. The van der Waals surface area contributed by atoms with Crippen LogP contribution in [0, 0.1) is 0 Å². The molecule has 0 aliphatic carbocycles. The topological polar surface area (TPSA) is 29.1 Å². The molecule has 0 aliphatic rings. The summed E-state index contributed by atoms with van der Waals surface area (Å²) in [4.78, 5) is 9.95. The van der Waals surface area contributed by atoms with Gasteiger partial charge in [-0.3, -0.25) is 4.79 Å². The minimum absolute atomic E-state index is 0.595. The van der Waals surface area contributed by atoms with Gasteiger partial charge in [0.15, 0.2) is 0 Å². The van der Waals surface area contributed by atoms with Crippen molar-refractivity contribution in [3.63, 3.8) is 0 Å². The van der Waals surface area contributed by atoms with Crippen molar-refractivity contribution in [3.8, 4) is 0 Å². The highest BCUT2D eigenvalue weighted by Crippen LogP contribution is 2.04. The van der Waals surface area contributed by atoms with Crippen molar-refractivity contribution in [3.05, 3.63) is 60.2 Å². The molecule has 1 aromatic rings. The Balaban J connectivity index is 2.06. The van der Waals surface area contributed by atoms with Crippen LogP contribution in [0.2, 0.25) is 0 Å². The van der Waals surface area contributed by atoms with Gasteiger partial charge in [-0.15, -0.1) is 0 Å². The molecule has 0 aromatic heterocycles. The number of carbonyl (C=O) groups is 1. The first-order valence-corrected chi connectivity index (χ1v) is 5.96. The van der Waals surface area contributed by atoms with Gasteiger partial charge in [-0.2, -0.15) is 0 Å². The smallest absolute Gasteiger partial charge is 0.207 e. The molecule has 2 nitrogen and oxygen atoms in total. The number of hydrogen-bond donors (Lipinski definition) is 1. The van der Waals surface area contributed by atoms with E-state index in [9.17, 15) is 4.79 Å². The third-order valence-electron chi connectivity index (χ3n) is 2.38. The van der Waals surface area contributed by atoms with Crippen molar-refractivity contribution < 1.29 is 4.79 Å². The van der Waals surface area contributed by atoms with Gasteiger partial charge in [0.1, 0.15) is 0 Å². The van der Waals surface area contributed by atoms with Crippen LogP contribution in [-0.4, -0.2) is 13.0 Å². The number of aryl methyl sites for hydroxylation is 1. The molecule has 0 fully saturated rings. The molecule has 1 amide bonds. The SMILES string of the molecule is O=CNC/C=C/C=C/CCCc1ccccc1. The standard InChI is InChI=1S/C15H19NO/c17-14-16-13-9-4-2-1-3-6-10-15-11-7-5-8-12-15/h1-2,4-5,7-9,11-12,14H,3,6,10,13H2,(H,16,17)/b2-1+,9-4+. The van der Waals surface area contributed by atoms with E-state index >= 15 is 0 Å². The number of carbonyl (C=O) groups excluding carboxylic acids is 1. The van der Waals surface area contributed by atoms with E-state index in [-0.39, 0.29) is 0 Å². The van der Waals surface area contributed by atoms with Gasteiger partial charge in [0.25, 0.3) is 0 Å². The molecule has 0 saturated heterocycles. The van der Waals surface area contributed by atoms with Gasteiger partial charge in [-0.1, -0.05) is 54.6 Å². The van der Waals surface area contributed by atoms with Crippen LogP contribution in [0.4, 0.5) is 0 Å². The molecule has 0 heterocycles. The molecule has 0 spiro atoms. The molecule has 1 N–H and O–H groups in total. The van der Waals surface area contributed by atoms with E-state index in [1.54, 1.807) is 0 Å². The van der Waals surface area contributed by atoms with Crippen LogP contribution in [0.3, 0.4) is 0 Å². The van der Waals surface area contributed by atoms with E-state index in [0.29, 0.717) is 13.0 Å². The van der Waals surface area contributed by atoms with Crippen molar-refractivity contribution in [1.82, 2.24) is 5.32 Å². The van der Waals surface area contributed by atoms with Gasteiger partial charge in [-0.05, 0) is 24.8 Å². The lowest BCUT2D eigenvalue weighted by molar-refractivity contribution is -0.109. The summed E-state index contributed by atoms with van der Waals surface area (Å²) in [5.74, 6) is 0. The summed E-state index contributed by atoms with van der Waals surface area (Å²) in [7, 11) is 0. The number of nitrogens with one attached hydrogen (secondary N) is 1. The van der Waals surface area contributed by atoms with Crippen LogP contribution in [0.1, 0.15) is 18.4 Å². The van der Waals surface area contributed by atoms with Gasteiger partial charge < -0.3 is 5.32 Å². The molecule has 0 bridgehead atoms. The van der Waals surface area contributed by atoms with E-state index < -0.39 is 0 Å².